The summed E-state index contributed by atoms with van der Waals surface area (Å²) in [5, 5.41) is 9.32. The maximum Gasteiger partial charge on any atom is 0.347 e. The third-order valence-electron chi connectivity index (χ3n) is 6.44. The minimum Gasteiger partial charge on any atom is -0.494 e. The Labute approximate surface area is 202 Å². The zero-order chi connectivity index (χ0) is 24.7. The molecule has 3 rings (SSSR count). The summed E-state index contributed by atoms with van der Waals surface area (Å²) in [5.74, 6) is 1.02. The molecule has 2 aromatic rings. The summed E-state index contributed by atoms with van der Waals surface area (Å²) in [6.45, 7) is 7.50. The second-order valence-electron chi connectivity index (χ2n) is 9.76. The van der Waals surface area contributed by atoms with E-state index in [9.17, 15) is 14.7 Å². The first-order chi connectivity index (χ1) is 16.2. The van der Waals surface area contributed by atoms with Gasteiger partial charge in [-0.2, -0.15) is 0 Å². The fourth-order valence-corrected chi connectivity index (χ4v) is 4.34. The number of carboxylic acid groups (broad SMARTS) is 1. The van der Waals surface area contributed by atoms with Crippen LogP contribution in [0.1, 0.15) is 79.4 Å². The largest absolute Gasteiger partial charge is 0.494 e. The smallest absolute Gasteiger partial charge is 0.347 e. The van der Waals surface area contributed by atoms with Gasteiger partial charge in [0, 0.05) is 5.56 Å². The van der Waals surface area contributed by atoms with Crippen LogP contribution in [0.25, 0.3) is 6.08 Å². The second kappa shape index (κ2) is 11.4. The molecule has 5 nitrogen and oxygen atoms in total. The van der Waals surface area contributed by atoms with Crippen molar-refractivity contribution in [3.8, 4) is 11.5 Å². The van der Waals surface area contributed by atoms with Gasteiger partial charge < -0.3 is 14.6 Å². The van der Waals surface area contributed by atoms with Crippen molar-refractivity contribution in [2.75, 3.05) is 6.61 Å². The Balaban J connectivity index is 1.57. The molecule has 34 heavy (non-hydrogen) atoms. The van der Waals surface area contributed by atoms with E-state index in [4.69, 9.17) is 9.47 Å². The Morgan fingerprint density at radius 1 is 1.03 bits per heavy atom. The minimum atomic E-state index is -1.32. The average Bonchev–Trinajstić information content (AvgIpc) is 2.81. The van der Waals surface area contributed by atoms with Gasteiger partial charge in [0.1, 0.15) is 11.5 Å². The topological polar surface area (TPSA) is 72.8 Å². The van der Waals surface area contributed by atoms with E-state index >= 15 is 0 Å². The van der Waals surface area contributed by atoms with Crippen molar-refractivity contribution in [1.29, 1.82) is 0 Å². The van der Waals surface area contributed by atoms with Crippen molar-refractivity contribution < 1.29 is 24.2 Å². The van der Waals surface area contributed by atoms with Crippen LogP contribution in [0.5, 0.6) is 11.5 Å². The number of rotatable bonds is 10. The van der Waals surface area contributed by atoms with Crippen molar-refractivity contribution in [2.45, 2.75) is 71.8 Å². The first kappa shape index (κ1) is 25.5. The van der Waals surface area contributed by atoms with Crippen LogP contribution in [0.15, 0.2) is 42.5 Å². The third kappa shape index (κ3) is 6.96. The molecule has 1 aliphatic rings. The number of aryl methyl sites for hydroxylation is 2. The Hall–Kier alpha value is -3.08. The van der Waals surface area contributed by atoms with Gasteiger partial charge in [-0.25, -0.2) is 4.79 Å². The number of carbonyl (C=O) groups is 2. The fourth-order valence-electron chi connectivity index (χ4n) is 4.34. The molecule has 0 heterocycles. The lowest BCUT2D eigenvalue weighted by Gasteiger charge is -2.24. The predicted molar refractivity (Wildman–Crippen MR) is 135 cm³/mol. The molecule has 0 aromatic heterocycles. The monoisotopic (exact) mass is 464 g/mol. The van der Waals surface area contributed by atoms with E-state index in [2.05, 4.69) is 0 Å². The van der Waals surface area contributed by atoms with Gasteiger partial charge in [-0.05, 0) is 99.2 Å². The maximum atomic E-state index is 12.6. The quantitative estimate of drug-likeness (QED) is 0.309. The summed E-state index contributed by atoms with van der Waals surface area (Å²) in [6.07, 6.45) is 11.1. The molecule has 0 atom stereocenters. The standard InChI is InChI=1S/C29H36O5/c1-20-18-23(19-21(2)27(20)34-29(3,4)28(31)32)10-15-26(30)24-11-13-25(14-12-24)33-17-16-22-8-6-5-7-9-22/h10-15,18-19,22H,5-9,16-17H2,1-4H3,(H,31,32). The van der Waals surface area contributed by atoms with E-state index in [1.54, 1.807) is 24.3 Å². The van der Waals surface area contributed by atoms with Crippen LogP contribution >= 0.6 is 0 Å². The van der Waals surface area contributed by atoms with Crippen molar-refractivity contribution in [3.63, 3.8) is 0 Å². The predicted octanol–water partition coefficient (Wildman–Crippen LogP) is 6.79. The molecule has 0 amide bonds. The van der Waals surface area contributed by atoms with Crippen LogP contribution in [0, 0.1) is 19.8 Å². The molecular formula is C29H36O5. The van der Waals surface area contributed by atoms with Gasteiger partial charge in [0.05, 0.1) is 6.61 Å². The summed E-state index contributed by atoms with van der Waals surface area (Å²) in [6, 6.07) is 11.1. The van der Waals surface area contributed by atoms with Crippen molar-refractivity contribution in [2.24, 2.45) is 5.92 Å². The van der Waals surface area contributed by atoms with Gasteiger partial charge in [-0.15, -0.1) is 0 Å². The van der Waals surface area contributed by atoms with E-state index in [1.807, 2.05) is 38.1 Å². The first-order valence-corrected chi connectivity index (χ1v) is 12.1. The molecule has 1 N–H and O–H groups in total. The van der Waals surface area contributed by atoms with Gasteiger partial charge in [0.25, 0.3) is 0 Å². The Morgan fingerprint density at radius 2 is 1.65 bits per heavy atom. The highest BCUT2D eigenvalue weighted by Crippen LogP contribution is 2.29. The summed E-state index contributed by atoms with van der Waals surface area (Å²) >= 11 is 0. The third-order valence-corrected chi connectivity index (χ3v) is 6.44. The number of ketones is 1. The highest BCUT2D eigenvalue weighted by Gasteiger charge is 2.30. The average molecular weight is 465 g/mol. The van der Waals surface area contributed by atoms with Gasteiger partial charge in [-0.1, -0.05) is 38.2 Å². The van der Waals surface area contributed by atoms with Gasteiger partial charge in [0.2, 0.25) is 0 Å². The molecule has 5 heteroatoms. The maximum absolute atomic E-state index is 12.6. The van der Waals surface area contributed by atoms with E-state index in [-0.39, 0.29) is 5.78 Å². The molecule has 0 spiro atoms. The second-order valence-corrected chi connectivity index (χ2v) is 9.76. The molecule has 0 unspecified atom stereocenters. The molecule has 1 aliphatic carbocycles. The molecule has 1 fully saturated rings. The summed E-state index contributed by atoms with van der Waals surface area (Å²) in [5.41, 5.74) is 1.76. The SMILES string of the molecule is Cc1cc(C=CC(=O)c2ccc(OCCC3CCCCC3)cc2)cc(C)c1OC(C)(C)C(=O)O. The number of hydrogen-bond acceptors (Lipinski definition) is 4. The van der Waals surface area contributed by atoms with Crippen molar-refractivity contribution in [1.82, 2.24) is 0 Å². The first-order valence-electron chi connectivity index (χ1n) is 12.1. The summed E-state index contributed by atoms with van der Waals surface area (Å²) in [7, 11) is 0. The van der Waals surface area contributed by atoms with E-state index in [0.717, 1.165) is 41.4 Å². The Kier molecular flexibility index (Phi) is 8.54. The van der Waals surface area contributed by atoms with Crippen LogP contribution in [0.3, 0.4) is 0 Å². The molecule has 0 bridgehead atoms. The van der Waals surface area contributed by atoms with Gasteiger partial charge in [0.15, 0.2) is 11.4 Å². The van der Waals surface area contributed by atoms with E-state index in [1.165, 1.54) is 46.0 Å². The molecule has 0 saturated heterocycles. The molecule has 2 aromatic carbocycles. The zero-order valence-corrected chi connectivity index (χ0v) is 20.7. The highest BCUT2D eigenvalue weighted by atomic mass is 16.5. The lowest BCUT2D eigenvalue weighted by atomic mass is 9.87. The number of ether oxygens (including phenoxy) is 2. The summed E-state index contributed by atoms with van der Waals surface area (Å²) < 4.78 is 11.6. The van der Waals surface area contributed by atoms with E-state index < -0.39 is 11.6 Å². The number of hydrogen-bond donors (Lipinski definition) is 1. The van der Waals surface area contributed by atoms with Crippen LogP contribution < -0.4 is 9.47 Å². The van der Waals surface area contributed by atoms with Gasteiger partial charge >= 0.3 is 5.97 Å². The van der Waals surface area contributed by atoms with Crippen molar-refractivity contribution in [3.05, 3.63) is 64.7 Å². The van der Waals surface area contributed by atoms with Crippen LogP contribution in [-0.4, -0.2) is 29.1 Å². The number of carbonyl (C=O) groups excluding carboxylic acids is 1. The summed E-state index contributed by atoms with van der Waals surface area (Å²) in [4.78, 5) is 24.0. The molecular weight excluding hydrogens is 428 g/mol. The zero-order valence-electron chi connectivity index (χ0n) is 20.7. The molecule has 1 saturated carbocycles. The highest BCUT2D eigenvalue weighted by molar-refractivity contribution is 6.06. The van der Waals surface area contributed by atoms with Crippen molar-refractivity contribution >= 4 is 17.8 Å². The molecule has 0 aliphatic heterocycles. The molecule has 0 radical (unpaired) electrons. The lowest BCUT2D eigenvalue weighted by molar-refractivity contribution is -0.152. The number of allylic oxidation sites excluding steroid dienone is 1. The Morgan fingerprint density at radius 3 is 2.24 bits per heavy atom. The Bertz CT molecular complexity index is 1000. The minimum absolute atomic E-state index is 0.0867. The van der Waals surface area contributed by atoms with Crippen LogP contribution in [0.4, 0.5) is 0 Å². The van der Waals surface area contributed by atoms with E-state index in [0.29, 0.717) is 11.3 Å². The fraction of sp³-hybridized carbons (Fsp3) is 0.448. The number of aliphatic carboxylic acids is 1. The number of benzene rings is 2. The lowest BCUT2D eigenvalue weighted by Crippen LogP contribution is -2.38. The van der Waals surface area contributed by atoms with Crippen LogP contribution in [0.2, 0.25) is 0 Å². The normalized spacial score (nSPS) is 14.8. The number of carboxylic acids is 1. The molecule has 182 valence electrons. The van der Waals surface area contributed by atoms with Gasteiger partial charge in [-0.3, -0.25) is 4.79 Å². The van der Waals surface area contributed by atoms with Crippen LogP contribution in [-0.2, 0) is 4.79 Å².